The summed E-state index contributed by atoms with van der Waals surface area (Å²) in [6.07, 6.45) is 0.905. The molecular formula is C32H32ClF2N5O5. The number of hydrogen-bond donors (Lipinski definition) is 0. The number of piperazine rings is 1. The smallest absolute Gasteiger partial charge is 0.338 e. The van der Waals surface area contributed by atoms with Crippen molar-refractivity contribution in [3.05, 3.63) is 82.1 Å². The maximum absolute atomic E-state index is 15.2. The number of esters is 1. The van der Waals surface area contributed by atoms with Crippen molar-refractivity contribution in [3.63, 3.8) is 0 Å². The second-order valence-electron chi connectivity index (χ2n) is 11.4. The summed E-state index contributed by atoms with van der Waals surface area (Å²) in [6.45, 7) is 4.10. The van der Waals surface area contributed by atoms with Crippen LogP contribution in [0, 0.1) is 11.6 Å². The zero-order chi connectivity index (χ0) is 31.1. The third-order valence-corrected chi connectivity index (χ3v) is 8.98. The quantitative estimate of drug-likeness (QED) is 0.244. The summed E-state index contributed by atoms with van der Waals surface area (Å²) >= 11 is 5.87. The van der Waals surface area contributed by atoms with Crippen molar-refractivity contribution in [3.8, 4) is 5.88 Å². The first-order chi connectivity index (χ1) is 21.9. The van der Waals surface area contributed by atoms with Gasteiger partial charge in [-0.25, -0.2) is 18.6 Å². The average Bonchev–Trinajstić information content (AvgIpc) is 3.64. The van der Waals surface area contributed by atoms with Gasteiger partial charge in [0, 0.05) is 36.3 Å². The van der Waals surface area contributed by atoms with Gasteiger partial charge >= 0.3 is 5.97 Å². The van der Waals surface area contributed by atoms with E-state index in [4.69, 9.17) is 40.5 Å². The molecule has 0 radical (unpaired) electrons. The number of halogens is 3. The summed E-state index contributed by atoms with van der Waals surface area (Å²) in [7, 11) is 1.27. The van der Waals surface area contributed by atoms with Crippen molar-refractivity contribution >= 4 is 34.4 Å². The van der Waals surface area contributed by atoms with Gasteiger partial charge in [0.25, 0.3) is 0 Å². The lowest BCUT2D eigenvalue weighted by molar-refractivity contribution is -0.0592. The number of rotatable bonds is 9. The van der Waals surface area contributed by atoms with Crippen LogP contribution in [0.3, 0.4) is 0 Å². The monoisotopic (exact) mass is 639 g/mol. The van der Waals surface area contributed by atoms with Gasteiger partial charge in [0.05, 0.1) is 62.7 Å². The summed E-state index contributed by atoms with van der Waals surface area (Å²) in [5, 5.41) is 0.327. The highest BCUT2D eigenvalue weighted by atomic mass is 35.5. The second-order valence-corrected chi connectivity index (χ2v) is 11.9. The number of ether oxygens (including phenoxy) is 4. The first-order valence-corrected chi connectivity index (χ1v) is 15.3. The van der Waals surface area contributed by atoms with Gasteiger partial charge < -0.3 is 28.4 Å². The third-order valence-electron chi connectivity index (χ3n) is 8.74. The molecule has 7 rings (SSSR count). The summed E-state index contributed by atoms with van der Waals surface area (Å²) in [6, 6.07) is 12.9. The number of imidazole rings is 1. The molecule has 0 spiro atoms. The van der Waals surface area contributed by atoms with E-state index in [9.17, 15) is 9.18 Å². The highest BCUT2D eigenvalue weighted by Gasteiger charge is 2.42. The Morgan fingerprint density at radius 2 is 1.91 bits per heavy atom. The van der Waals surface area contributed by atoms with Crippen LogP contribution in [0.4, 0.5) is 14.6 Å². The van der Waals surface area contributed by atoms with Crippen LogP contribution in [0.15, 0.2) is 48.5 Å². The lowest BCUT2D eigenvalue weighted by atomic mass is 10.0. The zero-order valence-corrected chi connectivity index (χ0v) is 25.4. The molecule has 0 saturated carbocycles. The van der Waals surface area contributed by atoms with Gasteiger partial charge in [0.1, 0.15) is 29.6 Å². The predicted octanol–water partition coefficient (Wildman–Crippen LogP) is 4.61. The van der Waals surface area contributed by atoms with E-state index in [1.54, 1.807) is 24.3 Å². The highest BCUT2D eigenvalue weighted by Crippen LogP contribution is 2.31. The number of fused-ring (bicyclic) bond motifs is 2. The van der Waals surface area contributed by atoms with Crippen molar-refractivity contribution in [2.45, 2.75) is 44.3 Å². The van der Waals surface area contributed by atoms with E-state index in [1.807, 2.05) is 16.7 Å². The highest BCUT2D eigenvalue weighted by molar-refractivity contribution is 6.30. The Kier molecular flexibility index (Phi) is 8.30. The largest absolute Gasteiger partial charge is 0.473 e. The number of methoxy groups -OCH3 is 1. The molecule has 45 heavy (non-hydrogen) atoms. The standard InChI is InChI=1S/C32H32ClF2N5O5/c1-42-32(41)20-11-24(35)31-25(12-20)40(14-22-7-10-44-22)29(37-31)15-38-8-9-39(27-18-43-17-26(27)38)28-3-2-4-30(36-28)45-16-19-5-6-21(33)13-23(19)34/h2-6,11-13,22,26-27H,7-10,14-18H2,1H3/t22-,26?,27?/m0/s1. The van der Waals surface area contributed by atoms with Gasteiger partial charge in [-0.05, 0) is 36.8 Å². The van der Waals surface area contributed by atoms with Gasteiger partial charge in [0.2, 0.25) is 5.88 Å². The van der Waals surface area contributed by atoms with Crippen LogP contribution in [-0.4, -0.2) is 83.6 Å². The van der Waals surface area contributed by atoms with Crippen molar-refractivity contribution in [1.82, 2.24) is 19.4 Å². The van der Waals surface area contributed by atoms with Crippen LogP contribution in [0.1, 0.15) is 28.2 Å². The Labute approximate surface area is 263 Å². The minimum Gasteiger partial charge on any atom is -0.473 e. The normalized spacial score (nSPS) is 21.5. The molecule has 0 amide bonds. The molecule has 3 aliphatic rings. The number of benzene rings is 2. The zero-order valence-electron chi connectivity index (χ0n) is 24.6. The molecule has 3 aliphatic heterocycles. The summed E-state index contributed by atoms with van der Waals surface area (Å²) in [5.74, 6) is 0.231. The number of pyridine rings is 1. The van der Waals surface area contributed by atoms with E-state index < -0.39 is 17.6 Å². The average molecular weight is 640 g/mol. The molecule has 0 N–H and O–H groups in total. The number of hydrogen-bond acceptors (Lipinski definition) is 9. The lowest BCUT2D eigenvalue weighted by Crippen LogP contribution is -2.59. The molecule has 2 unspecified atom stereocenters. The van der Waals surface area contributed by atoms with Gasteiger partial charge in [-0.2, -0.15) is 4.98 Å². The Balaban J connectivity index is 1.11. The van der Waals surface area contributed by atoms with Gasteiger partial charge in [0.15, 0.2) is 5.82 Å². The fourth-order valence-electron chi connectivity index (χ4n) is 6.26. The molecule has 2 aromatic heterocycles. The number of anilines is 1. The maximum atomic E-state index is 15.2. The Morgan fingerprint density at radius 1 is 1.07 bits per heavy atom. The molecule has 0 bridgehead atoms. The van der Waals surface area contributed by atoms with Crippen LogP contribution < -0.4 is 9.64 Å². The summed E-state index contributed by atoms with van der Waals surface area (Å²) in [5.41, 5.74) is 1.29. The van der Waals surface area contributed by atoms with Crippen molar-refractivity contribution in [1.29, 1.82) is 0 Å². The van der Waals surface area contributed by atoms with E-state index in [1.165, 1.54) is 19.2 Å². The van der Waals surface area contributed by atoms with E-state index in [-0.39, 0.29) is 35.9 Å². The topological polar surface area (TPSA) is 91.2 Å². The van der Waals surface area contributed by atoms with Crippen LogP contribution >= 0.6 is 11.6 Å². The van der Waals surface area contributed by atoms with Crippen molar-refractivity contribution in [2.24, 2.45) is 0 Å². The van der Waals surface area contributed by atoms with Crippen molar-refractivity contribution in [2.75, 3.05) is 44.9 Å². The molecule has 236 valence electrons. The first-order valence-electron chi connectivity index (χ1n) is 14.9. The van der Waals surface area contributed by atoms with Crippen LogP contribution in [0.25, 0.3) is 11.0 Å². The first kappa shape index (κ1) is 29.8. The van der Waals surface area contributed by atoms with E-state index in [2.05, 4.69) is 9.80 Å². The predicted molar refractivity (Wildman–Crippen MR) is 162 cm³/mol. The van der Waals surface area contributed by atoms with E-state index in [0.29, 0.717) is 73.8 Å². The van der Waals surface area contributed by atoms with Crippen LogP contribution in [0.5, 0.6) is 5.88 Å². The van der Waals surface area contributed by atoms with Crippen LogP contribution in [0.2, 0.25) is 5.02 Å². The fraction of sp³-hybridized carbons (Fsp3) is 0.406. The molecule has 2 aromatic carbocycles. The van der Waals surface area contributed by atoms with E-state index >= 15 is 4.39 Å². The Morgan fingerprint density at radius 3 is 2.69 bits per heavy atom. The van der Waals surface area contributed by atoms with Gasteiger partial charge in [-0.15, -0.1) is 0 Å². The minimum absolute atomic E-state index is 0.00200. The molecule has 3 saturated heterocycles. The maximum Gasteiger partial charge on any atom is 0.338 e. The van der Waals surface area contributed by atoms with Crippen molar-refractivity contribution < 1.29 is 32.5 Å². The number of carbonyl (C=O) groups excluding carboxylic acids is 1. The Hall–Kier alpha value is -3.84. The molecule has 0 aliphatic carbocycles. The number of carbonyl (C=O) groups is 1. The van der Waals surface area contributed by atoms with Crippen LogP contribution in [-0.2, 0) is 33.9 Å². The number of nitrogens with zero attached hydrogens (tertiary/aromatic N) is 5. The van der Waals surface area contributed by atoms with E-state index in [0.717, 1.165) is 12.2 Å². The molecule has 5 heterocycles. The summed E-state index contributed by atoms with van der Waals surface area (Å²) < 4.78 is 53.8. The molecule has 3 fully saturated rings. The molecule has 4 aromatic rings. The SMILES string of the molecule is COC(=O)c1cc(F)c2nc(CN3CCN(c4cccc(OCc5ccc(Cl)cc5F)n4)C4COCC43)n(C[C@@H]3CCO3)c2c1. The summed E-state index contributed by atoms with van der Waals surface area (Å²) in [4.78, 5) is 26.2. The van der Waals surface area contributed by atoms with Gasteiger partial charge in [-0.3, -0.25) is 4.90 Å². The second kappa shape index (κ2) is 12.5. The van der Waals surface area contributed by atoms with Gasteiger partial charge in [-0.1, -0.05) is 23.7 Å². The molecule has 3 atom stereocenters. The molecule has 10 nitrogen and oxygen atoms in total. The number of aromatic nitrogens is 3. The minimum atomic E-state index is -0.604. The molecule has 13 heteroatoms. The Bertz CT molecular complexity index is 1730. The molecular weight excluding hydrogens is 608 g/mol. The fourth-order valence-corrected chi connectivity index (χ4v) is 6.42. The third kappa shape index (κ3) is 5.95. The lowest BCUT2D eigenvalue weighted by Gasteiger charge is -2.44.